The zero-order chi connectivity index (χ0) is 22.8. The lowest BCUT2D eigenvalue weighted by Gasteiger charge is -2.23. The third kappa shape index (κ3) is 4.41. The highest BCUT2D eigenvalue weighted by Crippen LogP contribution is 2.29. The number of nitro groups is 1. The number of hydrogen-bond acceptors (Lipinski definition) is 6. The molecule has 0 aliphatic heterocycles. The van der Waals surface area contributed by atoms with Gasteiger partial charge in [-0.1, -0.05) is 17.7 Å². The molecule has 0 saturated heterocycles. The number of aryl methyl sites for hydroxylation is 2. The molecule has 3 aromatic rings. The molecule has 0 atom stereocenters. The van der Waals surface area contributed by atoms with Gasteiger partial charge in [0.1, 0.15) is 5.75 Å². The number of rotatable bonds is 6. The Bertz CT molecular complexity index is 1240. The van der Waals surface area contributed by atoms with Crippen molar-refractivity contribution >= 4 is 27.3 Å². The van der Waals surface area contributed by atoms with E-state index in [0.717, 1.165) is 5.56 Å². The number of hydrogen-bond donors (Lipinski definition) is 0. The van der Waals surface area contributed by atoms with Crippen molar-refractivity contribution in [3.63, 3.8) is 0 Å². The van der Waals surface area contributed by atoms with Crippen LogP contribution in [-0.2, 0) is 10.0 Å². The number of nitrogens with zero attached hydrogens (tertiary/aromatic N) is 2. The number of methoxy groups -OCH3 is 1. The normalized spacial score (nSPS) is 11.1. The number of nitro benzene ring substituents is 1. The van der Waals surface area contributed by atoms with Gasteiger partial charge < -0.3 is 4.74 Å². The Labute approximate surface area is 179 Å². The summed E-state index contributed by atoms with van der Waals surface area (Å²) in [6.07, 6.45) is 0. The minimum Gasteiger partial charge on any atom is -0.497 e. The third-order valence-electron chi connectivity index (χ3n) is 4.69. The SMILES string of the molecule is COc1ccc(N(C(=O)c2ccc([N+](=O)[O-])c(C)c2)S(=O)(=O)c2ccc(C)cc2)cc1. The molecule has 9 heteroatoms. The largest absolute Gasteiger partial charge is 0.497 e. The molecule has 0 fully saturated rings. The smallest absolute Gasteiger partial charge is 0.272 e. The second-order valence-electron chi connectivity index (χ2n) is 6.84. The molecule has 0 aliphatic rings. The van der Waals surface area contributed by atoms with Gasteiger partial charge in [-0.2, -0.15) is 4.31 Å². The van der Waals surface area contributed by atoms with Gasteiger partial charge >= 0.3 is 0 Å². The number of carbonyl (C=O) groups is 1. The van der Waals surface area contributed by atoms with E-state index in [1.54, 1.807) is 24.3 Å². The van der Waals surface area contributed by atoms with Crippen molar-refractivity contribution in [2.45, 2.75) is 18.7 Å². The summed E-state index contributed by atoms with van der Waals surface area (Å²) in [4.78, 5) is 23.8. The molecule has 3 rings (SSSR count). The van der Waals surface area contributed by atoms with Crippen LogP contribution in [0, 0.1) is 24.0 Å². The van der Waals surface area contributed by atoms with Crippen LogP contribution in [-0.4, -0.2) is 26.4 Å². The number of carbonyl (C=O) groups excluding carboxylic acids is 1. The number of anilines is 1. The molecule has 8 nitrogen and oxygen atoms in total. The number of ether oxygens (including phenoxy) is 1. The van der Waals surface area contributed by atoms with Crippen molar-refractivity contribution in [1.82, 2.24) is 0 Å². The van der Waals surface area contributed by atoms with E-state index in [2.05, 4.69) is 0 Å². The third-order valence-corrected chi connectivity index (χ3v) is 6.42. The molecule has 0 radical (unpaired) electrons. The standard InChI is InChI=1S/C22H20N2O6S/c1-15-4-11-20(12-5-15)31(28,29)23(18-7-9-19(30-3)10-8-18)22(25)17-6-13-21(24(26)27)16(2)14-17/h4-14H,1-3H3. The second-order valence-corrected chi connectivity index (χ2v) is 8.63. The molecule has 3 aromatic carbocycles. The average Bonchev–Trinajstić information content (AvgIpc) is 2.74. The predicted octanol–water partition coefficient (Wildman–Crippen LogP) is 4.26. The zero-order valence-electron chi connectivity index (χ0n) is 17.1. The first-order chi connectivity index (χ1) is 14.6. The van der Waals surface area contributed by atoms with Gasteiger partial charge in [-0.25, -0.2) is 8.42 Å². The van der Waals surface area contributed by atoms with Crippen molar-refractivity contribution in [3.8, 4) is 5.75 Å². The predicted molar refractivity (Wildman–Crippen MR) is 116 cm³/mol. The highest BCUT2D eigenvalue weighted by atomic mass is 32.2. The maximum Gasteiger partial charge on any atom is 0.272 e. The molecular formula is C22H20N2O6S. The van der Waals surface area contributed by atoms with Gasteiger partial charge in [0.25, 0.3) is 21.6 Å². The summed E-state index contributed by atoms with van der Waals surface area (Å²) in [6, 6.07) is 15.9. The fourth-order valence-electron chi connectivity index (χ4n) is 3.01. The summed E-state index contributed by atoms with van der Waals surface area (Å²) in [5.74, 6) is -0.334. The Hall–Kier alpha value is -3.72. The van der Waals surface area contributed by atoms with E-state index in [9.17, 15) is 23.3 Å². The van der Waals surface area contributed by atoms with E-state index in [0.29, 0.717) is 10.1 Å². The molecule has 1 amide bonds. The second kappa shape index (κ2) is 8.57. The number of benzene rings is 3. The quantitative estimate of drug-likeness (QED) is 0.419. The molecule has 0 bridgehead atoms. The topological polar surface area (TPSA) is 107 Å². The van der Waals surface area contributed by atoms with Crippen molar-refractivity contribution in [2.24, 2.45) is 0 Å². The first-order valence-electron chi connectivity index (χ1n) is 9.20. The Morgan fingerprint density at radius 1 is 0.968 bits per heavy atom. The van der Waals surface area contributed by atoms with Crippen LogP contribution in [0.25, 0.3) is 0 Å². The van der Waals surface area contributed by atoms with Crippen molar-refractivity contribution in [2.75, 3.05) is 11.4 Å². The van der Waals surface area contributed by atoms with E-state index in [4.69, 9.17) is 4.74 Å². The lowest BCUT2D eigenvalue weighted by atomic mass is 10.1. The Morgan fingerprint density at radius 2 is 1.58 bits per heavy atom. The number of amides is 1. The summed E-state index contributed by atoms with van der Waals surface area (Å²) in [5, 5.41) is 11.1. The van der Waals surface area contributed by atoms with Crippen LogP contribution in [0.15, 0.2) is 71.6 Å². The molecule has 0 aromatic heterocycles. The van der Waals surface area contributed by atoms with Crippen molar-refractivity contribution in [1.29, 1.82) is 0 Å². The minimum atomic E-state index is -4.27. The summed E-state index contributed by atoms with van der Waals surface area (Å²) < 4.78 is 32.7. The minimum absolute atomic E-state index is 0.00889. The highest BCUT2D eigenvalue weighted by Gasteiger charge is 2.32. The summed E-state index contributed by atoms with van der Waals surface area (Å²) >= 11 is 0. The van der Waals surface area contributed by atoms with E-state index in [1.165, 1.54) is 56.5 Å². The molecule has 0 N–H and O–H groups in total. The van der Waals surface area contributed by atoms with Gasteiger partial charge in [0.2, 0.25) is 0 Å². The molecule has 0 heterocycles. The van der Waals surface area contributed by atoms with Gasteiger partial charge in [-0.3, -0.25) is 14.9 Å². The van der Waals surface area contributed by atoms with E-state index in [1.807, 2.05) is 6.92 Å². The monoisotopic (exact) mass is 440 g/mol. The zero-order valence-corrected chi connectivity index (χ0v) is 17.9. The van der Waals surface area contributed by atoms with Crippen LogP contribution in [0.5, 0.6) is 5.75 Å². The van der Waals surface area contributed by atoms with Crippen LogP contribution in [0.4, 0.5) is 11.4 Å². The van der Waals surface area contributed by atoms with Crippen LogP contribution in [0.3, 0.4) is 0 Å². The highest BCUT2D eigenvalue weighted by molar-refractivity contribution is 7.93. The number of sulfonamides is 1. The molecule has 160 valence electrons. The van der Waals surface area contributed by atoms with Crippen LogP contribution < -0.4 is 9.04 Å². The molecule has 0 saturated carbocycles. The first-order valence-corrected chi connectivity index (χ1v) is 10.6. The van der Waals surface area contributed by atoms with E-state index >= 15 is 0 Å². The van der Waals surface area contributed by atoms with Crippen molar-refractivity contribution in [3.05, 3.63) is 93.5 Å². The molecule has 0 unspecified atom stereocenters. The lowest BCUT2D eigenvalue weighted by molar-refractivity contribution is -0.385. The molecular weight excluding hydrogens is 420 g/mol. The summed E-state index contributed by atoms with van der Waals surface area (Å²) in [7, 11) is -2.80. The summed E-state index contributed by atoms with van der Waals surface area (Å²) in [6.45, 7) is 3.31. The van der Waals surface area contributed by atoms with E-state index in [-0.39, 0.29) is 27.4 Å². The van der Waals surface area contributed by atoms with E-state index < -0.39 is 20.9 Å². The summed E-state index contributed by atoms with van der Waals surface area (Å²) in [5.41, 5.74) is 1.08. The van der Waals surface area contributed by atoms with Crippen LogP contribution >= 0.6 is 0 Å². The van der Waals surface area contributed by atoms with Gasteiger partial charge in [0, 0.05) is 17.2 Å². The molecule has 0 spiro atoms. The Morgan fingerprint density at radius 3 is 2.10 bits per heavy atom. The maximum absolute atomic E-state index is 13.4. The fraction of sp³-hybridized carbons (Fsp3) is 0.136. The molecule has 0 aliphatic carbocycles. The Balaban J connectivity index is 2.15. The van der Waals surface area contributed by atoms with Gasteiger partial charge in [0.15, 0.2) is 0 Å². The van der Waals surface area contributed by atoms with Crippen LogP contribution in [0.1, 0.15) is 21.5 Å². The van der Waals surface area contributed by atoms with Gasteiger partial charge in [-0.15, -0.1) is 0 Å². The molecule has 31 heavy (non-hydrogen) atoms. The average molecular weight is 440 g/mol. The van der Waals surface area contributed by atoms with Crippen LogP contribution in [0.2, 0.25) is 0 Å². The van der Waals surface area contributed by atoms with Gasteiger partial charge in [-0.05, 0) is 62.4 Å². The maximum atomic E-state index is 13.4. The van der Waals surface area contributed by atoms with Gasteiger partial charge in [0.05, 0.1) is 22.6 Å². The Kier molecular flexibility index (Phi) is 6.07. The first kappa shape index (κ1) is 22.0. The van der Waals surface area contributed by atoms with Crippen molar-refractivity contribution < 1.29 is 22.9 Å². The lowest BCUT2D eigenvalue weighted by Crippen LogP contribution is -2.37. The fourth-order valence-corrected chi connectivity index (χ4v) is 4.42.